The molecule has 65 heavy (non-hydrogen) atoms. The predicted molar refractivity (Wildman–Crippen MR) is 281 cm³/mol. The Hall–Kier alpha value is -7.06. The molecule has 10 aromatic rings. The molecular weight excluding hydrogens is 797 g/mol. The van der Waals surface area contributed by atoms with E-state index < -0.39 is 8.07 Å². The fourth-order valence-corrected chi connectivity index (χ4v) is 15.6. The van der Waals surface area contributed by atoms with Crippen molar-refractivity contribution in [2.45, 2.75) is 51.6 Å². The second-order valence-corrected chi connectivity index (χ2v) is 24.7. The van der Waals surface area contributed by atoms with E-state index >= 15 is 0 Å². The van der Waals surface area contributed by atoms with Gasteiger partial charge in [-0.3, -0.25) is 0 Å². The molecular formula is C64H50Si. The van der Waals surface area contributed by atoms with E-state index in [9.17, 15) is 0 Å². The van der Waals surface area contributed by atoms with Crippen LogP contribution in [0.2, 0.25) is 13.1 Å². The monoisotopic (exact) mass is 846 g/mol. The van der Waals surface area contributed by atoms with Gasteiger partial charge >= 0.3 is 0 Å². The van der Waals surface area contributed by atoms with Gasteiger partial charge in [-0.1, -0.05) is 211 Å². The first-order valence-corrected chi connectivity index (χ1v) is 26.3. The first-order valence-electron chi connectivity index (χ1n) is 23.3. The van der Waals surface area contributed by atoms with Gasteiger partial charge in [-0.2, -0.15) is 0 Å². The summed E-state index contributed by atoms with van der Waals surface area (Å²) < 4.78 is 0. The number of hydrogen-bond acceptors (Lipinski definition) is 0. The topological polar surface area (TPSA) is 0 Å². The zero-order valence-electron chi connectivity index (χ0n) is 38.0. The van der Waals surface area contributed by atoms with Gasteiger partial charge in [0.1, 0.15) is 8.07 Å². The molecule has 0 aromatic heterocycles. The third-order valence-electron chi connectivity index (χ3n) is 15.9. The predicted octanol–water partition coefficient (Wildman–Crippen LogP) is 16.1. The molecule has 0 bridgehead atoms. The van der Waals surface area contributed by atoms with Crippen LogP contribution in [-0.4, -0.2) is 8.07 Å². The van der Waals surface area contributed by atoms with E-state index in [-0.39, 0.29) is 10.8 Å². The van der Waals surface area contributed by atoms with Crippen molar-refractivity contribution in [3.63, 3.8) is 0 Å². The Morgan fingerprint density at radius 3 is 1.34 bits per heavy atom. The van der Waals surface area contributed by atoms with E-state index in [0.29, 0.717) is 0 Å². The fourth-order valence-electron chi connectivity index (χ4n) is 12.5. The molecule has 1 heteroatoms. The quantitative estimate of drug-likeness (QED) is 0.122. The SMILES string of the molecule is CC1(C)c2ccccc2-c2ccc(-c3c4ccc(-c5ccccc5-c5ccccc5)cc4c(-c4ccc5c(c4)C(C)(C)c4ccccc4-5)c4cc5c(cc34)-c3ccccc3[Si]5(C)C)cc21. The second-order valence-electron chi connectivity index (χ2n) is 20.4. The van der Waals surface area contributed by atoms with Gasteiger partial charge in [0.25, 0.3) is 0 Å². The van der Waals surface area contributed by atoms with E-state index in [1.807, 2.05) is 0 Å². The molecule has 0 fully saturated rings. The first-order chi connectivity index (χ1) is 31.5. The summed E-state index contributed by atoms with van der Waals surface area (Å²) in [4.78, 5) is 0. The molecule has 0 unspecified atom stereocenters. The van der Waals surface area contributed by atoms with Crippen molar-refractivity contribution in [1.29, 1.82) is 0 Å². The molecule has 0 atom stereocenters. The van der Waals surface area contributed by atoms with Crippen molar-refractivity contribution in [3.05, 3.63) is 216 Å². The Kier molecular flexibility index (Phi) is 7.97. The van der Waals surface area contributed by atoms with Gasteiger partial charge in [-0.15, -0.1) is 0 Å². The molecule has 3 aliphatic rings. The Bertz CT molecular complexity index is 3670. The lowest BCUT2D eigenvalue weighted by molar-refractivity contribution is 0.660. The van der Waals surface area contributed by atoms with Crippen molar-refractivity contribution < 1.29 is 0 Å². The molecule has 2 aliphatic carbocycles. The Balaban J connectivity index is 1.17. The van der Waals surface area contributed by atoms with Crippen LogP contribution in [0.15, 0.2) is 194 Å². The molecule has 10 aromatic carbocycles. The average molecular weight is 847 g/mol. The lowest BCUT2D eigenvalue weighted by Gasteiger charge is -2.25. The molecule has 0 saturated carbocycles. The largest absolute Gasteiger partial charge is 0.113 e. The molecule has 0 amide bonds. The molecule has 1 aliphatic heterocycles. The van der Waals surface area contributed by atoms with Crippen LogP contribution in [0.1, 0.15) is 49.9 Å². The summed E-state index contributed by atoms with van der Waals surface area (Å²) in [6.45, 7) is 14.7. The lowest BCUT2D eigenvalue weighted by atomic mass is 9.79. The van der Waals surface area contributed by atoms with Gasteiger partial charge in [0.15, 0.2) is 0 Å². The van der Waals surface area contributed by atoms with Crippen molar-refractivity contribution in [3.8, 4) is 77.9 Å². The molecule has 13 rings (SSSR count). The van der Waals surface area contributed by atoms with Crippen molar-refractivity contribution in [2.24, 2.45) is 0 Å². The Morgan fingerprint density at radius 1 is 0.277 bits per heavy atom. The average Bonchev–Trinajstić information content (AvgIpc) is 3.81. The highest BCUT2D eigenvalue weighted by Crippen LogP contribution is 2.54. The van der Waals surface area contributed by atoms with E-state index in [1.165, 1.54) is 132 Å². The Morgan fingerprint density at radius 2 is 0.723 bits per heavy atom. The summed E-state index contributed by atoms with van der Waals surface area (Å²) in [5, 5.41) is 8.30. The van der Waals surface area contributed by atoms with Gasteiger partial charge in [0.2, 0.25) is 0 Å². The van der Waals surface area contributed by atoms with Crippen LogP contribution in [0.4, 0.5) is 0 Å². The third-order valence-corrected chi connectivity index (χ3v) is 19.4. The normalized spacial score (nSPS) is 15.3. The molecule has 1 heterocycles. The van der Waals surface area contributed by atoms with Crippen LogP contribution in [0, 0.1) is 0 Å². The summed E-state index contributed by atoms with van der Waals surface area (Å²) in [6, 6.07) is 74.5. The summed E-state index contributed by atoms with van der Waals surface area (Å²) in [5.41, 5.74) is 23.7. The summed E-state index contributed by atoms with van der Waals surface area (Å²) in [6.07, 6.45) is 0. The number of rotatable bonds is 4. The fraction of sp³-hybridized carbons (Fsp3) is 0.125. The zero-order valence-corrected chi connectivity index (χ0v) is 39.0. The van der Waals surface area contributed by atoms with E-state index in [2.05, 4.69) is 235 Å². The van der Waals surface area contributed by atoms with Crippen LogP contribution >= 0.6 is 0 Å². The van der Waals surface area contributed by atoms with Crippen LogP contribution in [0.3, 0.4) is 0 Å². The lowest BCUT2D eigenvalue weighted by Crippen LogP contribution is -2.49. The van der Waals surface area contributed by atoms with Gasteiger partial charge in [0, 0.05) is 10.8 Å². The van der Waals surface area contributed by atoms with E-state index in [1.54, 1.807) is 0 Å². The highest BCUT2D eigenvalue weighted by atomic mass is 28.3. The van der Waals surface area contributed by atoms with Crippen LogP contribution in [0.25, 0.3) is 99.4 Å². The molecule has 0 N–H and O–H groups in total. The zero-order chi connectivity index (χ0) is 44.0. The second kappa shape index (κ2) is 13.5. The van der Waals surface area contributed by atoms with Crippen molar-refractivity contribution in [2.75, 3.05) is 0 Å². The van der Waals surface area contributed by atoms with Crippen LogP contribution in [0.5, 0.6) is 0 Å². The maximum absolute atomic E-state index is 2.65. The summed E-state index contributed by atoms with van der Waals surface area (Å²) in [5.74, 6) is 0. The minimum absolute atomic E-state index is 0.119. The number of fused-ring (bicyclic) bond motifs is 11. The molecule has 0 saturated heterocycles. The minimum atomic E-state index is -2.05. The standard InChI is InChI=1S/C64H50Si/c1-63(2)55-25-15-12-22-45(55)47-31-29-41(35-57(47)63)61-50-33-28-40(44-21-11-10-20-43(44)39-18-8-7-9-19-39)34-52(50)62(42-30-32-48-46-23-13-16-26-56(46)64(3,4)58(48)36-42)54-38-60-51(37-53(54)61)49-24-14-17-27-59(49)65(60,5)6/h7-38H,1-6H3. The third kappa shape index (κ3) is 5.31. The number of hydrogen-bond donors (Lipinski definition) is 0. The highest BCUT2D eigenvalue weighted by molar-refractivity contribution is 7.04. The van der Waals surface area contributed by atoms with Gasteiger partial charge < -0.3 is 0 Å². The molecule has 0 spiro atoms. The highest BCUT2D eigenvalue weighted by Gasteiger charge is 2.40. The van der Waals surface area contributed by atoms with E-state index in [4.69, 9.17) is 0 Å². The molecule has 0 nitrogen and oxygen atoms in total. The molecule has 310 valence electrons. The minimum Gasteiger partial charge on any atom is -0.0623 e. The summed E-state index contributed by atoms with van der Waals surface area (Å²) in [7, 11) is -2.05. The molecule has 0 radical (unpaired) electrons. The van der Waals surface area contributed by atoms with Crippen LogP contribution in [-0.2, 0) is 10.8 Å². The maximum atomic E-state index is 2.65. The van der Waals surface area contributed by atoms with Crippen molar-refractivity contribution >= 4 is 40.0 Å². The van der Waals surface area contributed by atoms with E-state index in [0.717, 1.165) is 0 Å². The summed E-state index contributed by atoms with van der Waals surface area (Å²) >= 11 is 0. The van der Waals surface area contributed by atoms with Gasteiger partial charge in [0.05, 0.1) is 0 Å². The van der Waals surface area contributed by atoms with Crippen LogP contribution < -0.4 is 10.4 Å². The smallest absolute Gasteiger partial charge is 0.0623 e. The van der Waals surface area contributed by atoms with Gasteiger partial charge in [-0.25, -0.2) is 0 Å². The maximum Gasteiger partial charge on any atom is 0.113 e. The Labute approximate surface area is 383 Å². The van der Waals surface area contributed by atoms with Crippen molar-refractivity contribution in [1.82, 2.24) is 0 Å². The first kappa shape index (κ1) is 38.4. The van der Waals surface area contributed by atoms with Gasteiger partial charge in [-0.05, 0) is 156 Å². The number of benzene rings is 10.